The van der Waals surface area contributed by atoms with Gasteiger partial charge in [0.1, 0.15) is 11.6 Å². The zero-order valence-corrected chi connectivity index (χ0v) is 10.3. The molecule has 0 aliphatic rings. The van der Waals surface area contributed by atoms with Crippen molar-refractivity contribution < 1.29 is 4.42 Å². The predicted molar refractivity (Wildman–Crippen MR) is 71.2 cm³/mol. The highest BCUT2D eigenvalue weighted by Gasteiger charge is 2.08. The molecule has 3 rings (SSSR count). The Balaban J connectivity index is 1.90. The molecule has 4 nitrogen and oxygen atoms in total. The Morgan fingerprint density at radius 3 is 2.94 bits per heavy atom. The second-order valence-corrected chi connectivity index (χ2v) is 4.41. The van der Waals surface area contributed by atoms with Crippen molar-refractivity contribution in [2.75, 3.05) is 5.73 Å². The van der Waals surface area contributed by atoms with Crippen molar-refractivity contribution in [1.82, 2.24) is 9.55 Å². The normalized spacial score (nSPS) is 11.2. The highest BCUT2D eigenvalue weighted by atomic mass is 16.3. The molecule has 0 saturated carbocycles. The highest BCUT2D eigenvalue weighted by molar-refractivity contribution is 5.79. The Morgan fingerprint density at radius 2 is 2.17 bits per heavy atom. The molecule has 0 radical (unpaired) electrons. The van der Waals surface area contributed by atoms with E-state index in [0.29, 0.717) is 0 Å². The van der Waals surface area contributed by atoms with Crippen LogP contribution in [0.5, 0.6) is 0 Å². The number of rotatable bonds is 3. The number of nitrogen functional groups attached to an aromatic ring is 1. The molecule has 0 saturated heterocycles. The van der Waals surface area contributed by atoms with Gasteiger partial charge in [-0.1, -0.05) is 0 Å². The molecule has 3 aromatic rings. The van der Waals surface area contributed by atoms with Crippen molar-refractivity contribution in [2.45, 2.75) is 12.8 Å². The third kappa shape index (κ3) is 1.86. The molecule has 0 fully saturated rings. The average Bonchev–Trinajstić information content (AvgIpc) is 2.97. The molecule has 92 valence electrons. The van der Waals surface area contributed by atoms with E-state index in [2.05, 4.69) is 9.55 Å². The maximum absolute atomic E-state index is 5.80. The number of nitrogens with zero attached hydrogens (tertiary/aromatic N) is 2. The van der Waals surface area contributed by atoms with Crippen LogP contribution in [-0.2, 0) is 19.9 Å². The quantitative estimate of drug-likeness (QED) is 0.717. The second-order valence-electron chi connectivity index (χ2n) is 4.41. The molecule has 0 amide bonds. The number of imidazole rings is 1. The van der Waals surface area contributed by atoms with Crippen LogP contribution in [-0.4, -0.2) is 9.55 Å². The van der Waals surface area contributed by atoms with Gasteiger partial charge in [0.2, 0.25) is 0 Å². The SMILES string of the molecule is Cn1c(CCc2ccco2)nc2ccc(N)cc21. The van der Waals surface area contributed by atoms with E-state index in [1.165, 1.54) is 0 Å². The average molecular weight is 241 g/mol. The Hall–Kier alpha value is -2.23. The molecule has 4 heteroatoms. The molecule has 0 unspecified atom stereocenters. The number of benzene rings is 1. The van der Waals surface area contributed by atoms with Gasteiger partial charge in [-0.15, -0.1) is 0 Å². The third-order valence-corrected chi connectivity index (χ3v) is 3.17. The second kappa shape index (κ2) is 4.22. The van der Waals surface area contributed by atoms with Gasteiger partial charge in [0.25, 0.3) is 0 Å². The van der Waals surface area contributed by atoms with Gasteiger partial charge in [-0.2, -0.15) is 0 Å². The number of hydrogen-bond donors (Lipinski definition) is 1. The van der Waals surface area contributed by atoms with Crippen LogP contribution in [0.2, 0.25) is 0 Å². The van der Waals surface area contributed by atoms with Gasteiger partial charge in [-0.05, 0) is 30.3 Å². The third-order valence-electron chi connectivity index (χ3n) is 3.17. The lowest BCUT2D eigenvalue weighted by Gasteiger charge is -2.01. The van der Waals surface area contributed by atoms with Crippen LogP contribution in [0.4, 0.5) is 5.69 Å². The summed E-state index contributed by atoms with van der Waals surface area (Å²) in [6, 6.07) is 9.69. The van der Waals surface area contributed by atoms with Crippen LogP contribution >= 0.6 is 0 Å². The van der Waals surface area contributed by atoms with Crippen molar-refractivity contribution in [2.24, 2.45) is 7.05 Å². The first kappa shape index (κ1) is 10.9. The van der Waals surface area contributed by atoms with Crippen LogP contribution in [0, 0.1) is 0 Å². The summed E-state index contributed by atoms with van der Waals surface area (Å²) in [5.41, 5.74) is 8.62. The molecule has 0 aliphatic carbocycles. The Kier molecular flexibility index (Phi) is 2.55. The van der Waals surface area contributed by atoms with Gasteiger partial charge in [-0.25, -0.2) is 4.98 Å². The number of aryl methyl sites for hydroxylation is 3. The smallest absolute Gasteiger partial charge is 0.110 e. The highest BCUT2D eigenvalue weighted by Crippen LogP contribution is 2.19. The summed E-state index contributed by atoms with van der Waals surface area (Å²) in [4.78, 5) is 4.62. The van der Waals surface area contributed by atoms with Crippen LogP contribution in [0.25, 0.3) is 11.0 Å². The number of anilines is 1. The number of nitrogens with two attached hydrogens (primary N) is 1. The molecular weight excluding hydrogens is 226 g/mol. The summed E-state index contributed by atoms with van der Waals surface area (Å²) < 4.78 is 7.42. The minimum absolute atomic E-state index is 0.767. The summed E-state index contributed by atoms with van der Waals surface area (Å²) in [6.07, 6.45) is 3.42. The minimum Gasteiger partial charge on any atom is -0.469 e. The Labute approximate surface area is 105 Å². The Morgan fingerprint density at radius 1 is 1.28 bits per heavy atom. The monoisotopic (exact) mass is 241 g/mol. The fraction of sp³-hybridized carbons (Fsp3) is 0.214. The van der Waals surface area contributed by atoms with E-state index in [9.17, 15) is 0 Å². The van der Waals surface area contributed by atoms with E-state index in [4.69, 9.17) is 10.2 Å². The molecule has 18 heavy (non-hydrogen) atoms. The molecule has 1 aromatic carbocycles. The van der Waals surface area contributed by atoms with Crippen LogP contribution in [0.15, 0.2) is 41.0 Å². The summed E-state index contributed by atoms with van der Waals surface area (Å²) in [5, 5.41) is 0. The molecule has 0 aliphatic heterocycles. The number of furan rings is 1. The molecule has 0 spiro atoms. The van der Waals surface area contributed by atoms with E-state index in [-0.39, 0.29) is 0 Å². The van der Waals surface area contributed by atoms with Crippen molar-refractivity contribution >= 4 is 16.7 Å². The summed E-state index contributed by atoms with van der Waals surface area (Å²) in [7, 11) is 2.02. The van der Waals surface area contributed by atoms with Crippen LogP contribution in [0.3, 0.4) is 0 Å². The predicted octanol–water partition coefficient (Wildman–Crippen LogP) is 2.53. The standard InChI is InChI=1S/C14H15N3O/c1-17-13-9-10(15)4-6-12(13)16-14(17)7-5-11-3-2-8-18-11/h2-4,6,8-9H,5,7,15H2,1H3. The van der Waals surface area contributed by atoms with Crippen molar-refractivity contribution in [3.63, 3.8) is 0 Å². The summed E-state index contributed by atoms with van der Waals surface area (Å²) >= 11 is 0. The number of aromatic nitrogens is 2. The van der Waals surface area contributed by atoms with Crippen molar-refractivity contribution in [3.05, 3.63) is 48.2 Å². The first-order valence-corrected chi connectivity index (χ1v) is 5.97. The van der Waals surface area contributed by atoms with E-state index < -0.39 is 0 Å². The molecule has 2 aromatic heterocycles. The Bertz CT molecular complexity index is 668. The molecule has 2 N–H and O–H groups in total. The lowest BCUT2D eigenvalue weighted by molar-refractivity contribution is 0.505. The van der Waals surface area contributed by atoms with Crippen molar-refractivity contribution in [1.29, 1.82) is 0 Å². The van der Waals surface area contributed by atoms with Gasteiger partial charge < -0.3 is 14.7 Å². The minimum atomic E-state index is 0.767. The molecule has 2 heterocycles. The lowest BCUT2D eigenvalue weighted by atomic mass is 10.2. The number of fused-ring (bicyclic) bond motifs is 1. The topological polar surface area (TPSA) is 57.0 Å². The fourth-order valence-corrected chi connectivity index (χ4v) is 2.17. The van der Waals surface area contributed by atoms with Crippen LogP contribution < -0.4 is 5.73 Å². The van der Waals surface area contributed by atoms with Gasteiger partial charge in [0, 0.05) is 25.6 Å². The van der Waals surface area contributed by atoms with Gasteiger partial charge in [0.05, 0.1) is 17.3 Å². The van der Waals surface area contributed by atoms with Crippen molar-refractivity contribution in [3.8, 4) is 0 Å². The van der Waals surface area contributed by atoms with E-state index in [1.807, 2.05) is 37.4 Å². The van der Waals surface area contributed by atoms with Gasteiger partial charge in [-0.3, -0.25) is 0 Å². The zero-order chi connectivity index (χ0) is 12.5. The lowest BCUT2D eigenvalue weighted by Crippen LogP contribution is -2.00. The largest absolute Gasteiger partial charge is 0.469 e. The zero-order valence-electron chi connectivity index (χ0n) is 10.3. The first-order chi connectivity index (χ1) is 8.74. The summed E-state index contributed by atoms with van der Waals surface area (Å²) in [5.74, 6) is 2.04. The first-order valence-electron chi connectivity index (χ1n) is 5.97. The number of hydrogen-bond acceptors (Lipinski definition) is 3. The molecule has 0 bridgehead atoms. The maximum Gasteiger partial charge on any atom is 0.110 e. The van der Waals surface area contributed by atoms with E-state index >= 15 is 0 Å². The van der Waals surface area contributed by atoms with Gasteiger partial charge in [0.15, 0.2) is 0 Å². The van der Waals surface area contributed by atoms with Gasteiger partial charge >= 0.3 is 0 Å². The maximum atomic E-state index is 5.80. The van der Waals surface area contributed by atoms with Crippen LogP contribution in [0.1, 0.15) is 11.6 Å². The van der Waals surface area contributed by atoms with E-state index in [0.717, 1.165) is 41.1 Å². The van der Waals surface area contributed by atoms with E-state index in [1.54, 1.807) is 6.26 Å². The molecular formula is C14H15N3O. The molecule has 0 atom stereocenters. The summed E-state index contributed by atoms with van der Waals surface area (Å²) in [6.45, 7) is 0. The fourth-order valence-electron chi connectivity index (χ4n) is 2.17.